The minimum atomic E-state index is -1.42. The molecule has 8 heterocycles. The zero-order chi connectivity index (χ0) is 28.2. The smallest absolute Gasteiger partial charge is 0.278 e. The lowest BCUT2D eigenvalue weighted by atomic mass is 10.00. The quantitative estimate of drug-likeness (QED) is 0.134. The number of imidazole rings is 3. The summed E-state index contributed by atoms with van der Waals surface area (Å²) in [5, 5.41) is 10.4. The lowest BCUT2D eigenvalue weighted by molar-refractivity contribution is 0.225. The van der Waals surface area contributed by atoms with Crippen LogP contribution < -0.4 is 33.4 Å². The number of nitrogens with two attached hydrogens (primary N) is 3. The highest BCUT2D eigenvalue weighted by atomic mass is 32.1. The summed E-state index contributed by atoms with van der Waals surface area (Å²) >= 11 is 3.15. The molecule has 7 aromatic heterocycles. The summed E-state index contributed by atoms with van der Waals surface area (Å²) in [5.74, 6) is -0.158. The number of hydrogen-bond donors (Lipinski definition) is 8. The van der Waals surface area contributed by atoms with E-state index in [0.29, 0.717) is 34.0 Å². The van der Waals surface area contributed by atoms with E-state index < -0.39 is 11.6 Å². The number of nitrogens with zero attached hydrogens (tertiary/aromatic N) is 7. The van der Waals surface area contributed by atoms with Gasteiger partial charge in [0.25, 0.3) is 5.56 Å². The van der Waals surface area contributed by atoms with Crippen LogP contribution in [0.2, 0.25) is 0 Å². The van der Waals surface area contributed by atoms with E-state index in [2.05, 4.69) is 50.5 Å². The maximum Gasteiger partial charge on any atom is 0.278 e. The molecular formula is C23H21N15OS2. The van der Waals surface area contributed by atoms with E-state index in [1.807, 2.05) is 39.6 Å². The van der Waals surface area contributed by atoms with Gasteiger partial charge in [-0.25, -0.2) is 30.2 Å². The number of nitrogen functional groups attached to an aromatic ring is 1. The van der Waals surface area contributed by atoms with Crippen LogP contribution in [0.15, 0.2) is 65.0 Å². The molecule has 0 saturated carbocycles. The van der Waals surface area contributed by atoms with E-state index in [1.165, 1.54) is 6.33 Å². The number of thiophene rings is 2. The number of nitrogens with one attached hydrogen (secondary N) is 5. The first-order chi connectivity index (χ1) is 19.8. The number of anilines is 2. The average Bonchev–Trinajstić information content (AvgIpc) is 3.78. The Bertz CT molecular complexity index is 2040. The molecule has 0 amide bonds. The zero-order valence-electron chi connectivity index (χ0n) is 20.9. The van der Waals surface area contributed by atoms with Crippen molar-refractivity contribution >= 4 is 56.8 Å². The van der Waals surface area contributed by atoms with Gasteiger partial charge in [-0.1, -0.05) is 12.1 Å². The van der Waals surface area contributed by atoms with Crippen molar-refractivity contribution in [3.63, 3.8) is 0 Å². The highest BCUT2D eigenvalue weighted by molar-refractivity contribution is 7.13. The molecule has 0 spiro atoms. The SMILES string of the molecule is NC1(N)Nc2nc[nH]c2C(c2cccs2)(n2cnc3cnc(-c4cccs4)nc32)N1.Nc1nc2nc[nH]c2c(=O)[nH]1. The zero-order valence-corrected chi connectivity index (χ0v) is 22.5. The van der Waals surface area contributed by atoms with E-state index in [1.54, 1.807) is 41.5 Å². The summed E-state index contributed by atoms with van der Waals surface area (Å²) in [7, 11) is 0. The molecule has 1 unspecified atom stereocenters. The van der Waals surface area contributed by atoms with Crippen LogP contribution in [0.3, 0.4) is 0 Å². The predicted molar refractivity (Wildman–Crippen MR) is 155 cm³/mol. The maximum absolute atomic E-state index is 11.0. The van der Waals surface area contributed by atoms with Crippen molar-refractivity contribution in [1.29, 1.82) is 0 Å². The van der Waals surface area contributed by atoms with Gasteiger partial charge >= 0.3 is 0 Å². The average molecular weight is 588 g/mol. The fourth-order valence-electron chi connectivity index (χ4n) is 4.66. The third-order valence-electron chi connectivity index (χ3n) is 6.30. The molecule has 0 bridgehead atoms. The Kier molecular flexibility index (Phi) is 5.66. The van der Waals surface area contributed by atoms with Gasteiger partial charge in [0.05, 0.1) is 34.9 Å². The Morgan fingerprint density at radius 2 is 1.78 bits per heavy atom. The van der Waals surface area contributed by atoms with Crippen LogP contribution in [-0.4, -0.2) is 55.3 Å². The molecule has 0 radical (unpaired) electrons. The summed E-state index contributed by atoms with van der Waals surface area (Å²) in [5.41, 5.74) is 19.4. The summed E-state index contributed by atoms with van der Waals surface area (Å²) in [6, 6.07) is 7.95. The standard InChI is InChI=1S/C18H16N10S2.C5H5N5O/c19-18(20)26-15-13(22-8-23-15)17(27-18,12-4-2-6-30-12)28-9-24-10-7-21-14(25-16(10)28)11-3-1-5-29-11;6-5-9-3-2(4(11)10-5)7-1-8-3/h1-9,26-27H,19-20H2,(H,22,23);1H,(H4,6,7,8,9,10,11). The van der Waals surface area contributed by atoms with E-state index in [9.17, 15) is 4.79 Å². The van der Waals surface area contributed by atoms with Crippen LogP contribution in [0.25, 0.3) is 33.0 Å². The third kappa shape index (κ3) is 4.13. The van der Waals surface area contributed by atoms with Gasteiger partial charge < -0.3 is 21.0 Å². The van der Waals surface area contributed by atoms with Crippen molar-refractivity contribution in [2.75, 3.05) is 11.1 Å². The second-order valence-corrected chi connectivity index (χ2v) is 10.9. The Balaban J connectivity index is 0.000000210. The molecule has 1 aliphatic heterocycles. The molecule has 0 fully saturated rings. The summed E-state index contributed by atoms with van der Waals surface area (Å²) < 4.78 is 1.93. The molecule has 1 atom stereocenters. The number of fused-ring (bicyclic) bond motifs is 3. The van der Waals surface area contributed by atoms with Crippen LogP contribution in [0.1, 0.15) is 10.6 Å². The first kappa shape index (κ1) is 25.0. The van der Waals surface area contributed by atoms with E-state index >= 15 is 0 Å². The first-order valence-corrected chi connectivity index (χ1v) is 13.8. The Hall–Kier alpha value is -5.01. The lowest BCUT2D eigenvalue weighted by Crippen LogP contribution is -2.75. The number of aromatic nitrogens is 10. The Morgan fingerprint density at radius 3 is 2.59 bits per heavy atom. The largest absolute Gasteiger partial charge is 0.369 e. The van der Waals surface area contributed by atoms with Gasteiger partial charge in [-0.05, 0) is 22.9 Å². The summed E-state index contributed by atoms with van der Waals surface area (Å²) in [6.07, 6.45) is 6.44. The first-order valence-electron chi connectivity index (χ1n) is 12.0. The molecule has 11 N–H and O–H groups in total. The van der Waals surface area contributed by atoms with E-state index in [0.717, 1.165) is 15.4 Å². The molecular weight excluding hydrogens is 566 g/mol. The van der Waals surface area contributed by atoms with Gasteiger partial charge in [-0.3, -0.25) is 25.8 Å². The van der Waals surface area contributed by atoms with Crippen LogP contribution in [0, 0.1) is 0 Å². The van der Waals surface area contributed by atoms with E-state index in [4.69, 9.17) is 22.2 Å². The monoisotopic (exact) mass is 587 g/mol. The molecule has 0 aromatic carbocycles. The second kappa shape index (κ2) is 9.28. The second-order valence-electron chi connectivity index (χ2n) is 8.98. The van der Waals surface area contributed by atoms with Crippen molar-refractivity contribution in [1.82, 2.24) is 54.7 Å². The van der Waals surface area contributed by atoms with Gasteiger partial charge in [0.15, 0.2) is 34.1 Å². The van der Waals surface area contributed by atoms with E-state index in [-0.39, 0.29) is 11.5 Å². The van der Waals surface area contributed by atoms with Gasteiger partial charge in [0, 0.05) is 0 Å². The minimum Gasteiger partial charge on any atom is -0.369 e. The molecule has 18 heteroatoms. The van der Waals surface area contributed by atoms with Gasteiger partial charge in [0.2, 0.25) is 11.9 Å². The molecule has 41 heavy (non-hydrogen) atoms. The number of rotatable bonds is 3. The topological polar surface area (TPSA) is 249 Å². The maximum atomic E-state index is 11.0. The van der Waals surface area contributed by atoms with Gasteiger partial charge in [-0.2, -0.15) is 4.98 Å². The minimum absolute atomic E-state index is 0.0783. The molecule has 8 rings (SSSR count). The summed E-state index contributed by atoms with van der Waals surface area (Å²) in [4.78, 5) is 47.0. The molecule has 16 nitrogen and oxygen atoms in total. The molecule has 0 aliphatic carbocycles. The highest BCUT2D eigenvalue weighted by Crippen LogP contribution is 2.41. The molecule has 0 saturated heterocycles. The van der Waals surface area contributed by atoms with Gasteiger partial charge in [-0.15, -0.1) is 22.7 Å². The normalized spacial score (nSPS) is 17.6. The van der Waals surface area contributed by atoms with Crippen molar-refractivity contribution in [2.45, 2.75) is 11.6 Å². The Morgan fingerprint density at radius 1 is 0.951 bits per heavy atom. The fourth-order valence-corrected chi connectivity index (χ4v) is 6.21. The molecule has 1 aliphatic rings. The van der Waals surface area contributed by atoms with Crippen molar-refractivity contribution in [2.24, 2.45) is 11.5 Å². The highest BCUT2D eigenvalue weighted by Gasteiger charge is 2.50. The van der Waals surface area contributed by atoms with Gasteiger partial charge in [0.1, 0.15) is 11.2 Å². The third-order valence-corrected chi connectivity index (χ3v) is 8.14. The molecule has 7 aromatic rings. The van der Waals surface area contributed by atoms with Crippen molar-refractivity contribution in [3.8, 4) is 10.7 Å². The predicted octanol–water partition coefficient (Wildman–Crippen LogP) is 0.861. The van der Waals surface area contributed by atoms with Crippen molar-refractivity contribution in [3.05, 3.63) is 81.1 Å². The van der Waals surface area contributed by atoms with Crippen LogP contribution in [0.5, 0.6) is 0 Å². The fraction of sp³-hybridized carbons (Fsp3) is 0.0870. The Labute approximate surface area is 237 Å². The van der Waals surface area contributed by atoms with Crippen LogP contribution in [-0.2, 0) is 5.66 Å². The van der Waals surface area contributed by atoms with Crippen molar-refractivity contribution < 1.29 is 0 Å². The number of hydrogen-bond acceptors (Lipinski definition) is 14. The number of aromatic amines is 3. The summed E-state index contributed by atoms with van der Waals surface area (Å²) in [6.45, 7) is 0. The molecule has 206 valence electrons. The number of H-pyrrole nitrogens is 3. The van der Waals surface area contributed by atoms with Crippen LogP contribution >= 0.6 is 22.7 Å². The lowest BCUT2D eigenvalue weighted by Gasteiger charge is -2.45. The van der Waals surface area contributed by atoms with Crippen LogP contribution in [0.4, 0.5) is 11.8 Å².